The van der Waals surface area contributed by atoms with Gasteiger partial charge in [0, 0.05) is 17.0 Å². The fourth-order valence-electron chi connectivity index (χ4n) is 2.38. The molecule has 0 saturated heterocycles. The average molecular weight is 456 g/mol. The van der Waals surface area contributed by atoms with Crippen molar-refractivity contribution in [3.05, 3.63) is 45.6 Å². The number of benzene rings is 1. The second kappa shape index (κ2) is 11.0. The molecule has 11 heteroatoms. The van der Waals surface area contributed by atoms with Gasteiger partial charge in [-0.25, -0.2) is 13.1 Å². The second-order valence-electron chi connectivity index (χ2n) is 6.30. The molecule has 0 radical (unpaired) electrons. The Bertz CT molecular complexity index is 988. The minimum absolute atomic E-state index is 0.247. The number of thiophene rings is 1. The number of ether oxygens (including phenoxy) is 2. The van der Waals surface area contributed by atoms with Crippen molar-refractivity contribution in [1.82, 2.24) is 15.6 Å². The highest BCUT2D eigenvalue weighted by Crippen LogP contribution is 2.28. The monoisotopic (exact) mass is 455 g/mol. The highest BCUT2D eigenvalue weighted by atomic mass is 32.2. The van der Waals surface area contributed by atoms with Crippen LogP contribution in [0.3, 0.4) is 0 Å². The molecule has 3 N–H and O–H groups in total. The van der Waals surface area contributed by atoms with Gasteiger partial charge in [0.25, 0.3) is 11.8 Å². The van der Waals surface area contributed by atoms with Gasteiger partial charge in [-0.1, -0.05) is 6.92 Å². The van der Waals surface area contributed by atoms with E-state index in [0.29, 0.717) is 35.0 Å². The summed E-state index contributed by atoms with van der Waals surface area (Å²) in [5, 5.41) is 0. The summed E-state index contributed by atoms with van der Waals surface area (Å²) in [6.07, 6.45) is 2.39. The normalized spacial score (nSPS) is 11.0. The van der Waals surface area contributed by atoms with Gasteiger partial charge in [0.05, 0.1) is 24.8 Å². The van der Waals surface area contributed by atoms with Gasteiger partial charge < -0.3 is 9.47 Å². The molecule has 0 aliphatic carbocycles. The smallest absolute Gasteiger partial charge is 0.279 e. The maximum atomic E-state index is 12.3. The van der Waals surface area contributed by atoms with E-state index in [0.717, 1.165) is 17.6 Å². The molecule has 0 fully saturated rings. The Labute approximate surface area is 179 Å². The zero-order valence-electron chi connectivity index (χ0n) is 17.0. The molecule has 1 heterocycles. The van der Waals surface area contributed by atoms with Gasteiger partial charge in [-0.05, 0) is 43.2 Å². The van der Waals surface area contributed by atoms with Crippen molar-refractivity contribution in [2.45, 2.75) is 19.8 Å². The lowest BCUT2D eigenvalue weighted by atomic mass is 10.2. The molecule has 2 rings (SSSR count). The van der Waals surface area contributed by atoms with E-state index in [1.54, 1.807) is 24.3 Å². The maximum Gasteiger partial charge on any atom is 0.279 e. The van der Waals surface area contributed by atoms with Crippen LogP contribution in [0.15, 0.2) is 30.3 Å². The predicted octanol–water partition coefficient (Wildman–Crippen LogP) is 1.71. The Morgan fingerprint density at radius 2 is 1.80 bits per heavy atom. The first-order chi connectivity index (χ1) is 14.2. The fourth-order valence-corrected chi connectivity index (χ4v) is 3.76. The first-order valence-corrected chi connectivity index (χ1v) is 11.9. The van der Waals surface area contributed by atoms with E-state index in [1.165, 1.54) is 24.5 Å². The SMILES string of the molecule is CCCOc1ccc(C(=O)NNC(=O)c2ccc(CCNS(C)(=O)=O)s2)cc1OC. The number of methoxy groups -OCH3 is 1. The molecular formula is C19H25N3O6S2. The van der Waals surface area contributed by atoms with Crippen LogP contribution in [-0.2, 0) is 16.4 Å². The van der Waals surface area contributed by atoms with E-state index in [9.17, 15) is 18.0 Å². The summed E-state index contributed by atoms with van der Waals surface area (Å²) in [5.74, 6) is -0.00667. The third kappa shape index (κ3) is 7.32. The number of carbonyl (C=O) groups excluding carboxylic acids is 2. The second-order valence-corrected chi connectivity index (χ2v) is 9.31. The van der Waals surface area contributed by atoms with Crippen molar-refractivity contribution in [3.63, 3.8) is 0 Å². The van der Waals surface area contributed by atoms with Gasteiger partial charge in [0.1, 0.15) is 0 Å². The lowest BCUT2D eigenvalue weighted by molar-refractivity contribution is 0.0848. The zero-order chi connectivity index (χ0) is 22.1. The third-order valence-corrected chi connectivity index (χ3v) is 5.67. The highest BCUT2D eigenvalue weighted by molar-refractivity contribution is 7.88. The average Bonchev–Trinajstić information content (AvgIpc) is 3.18. The largest absolute Gasteiger partial charge is 0.493 e. The number of nitrogens with one attached hydrogen (secondary N) is 3. The molecule has 0 unspecified atom stereocenters. The minimum Gasteiger partial charge on any atom is -0.493 e. The van der Waals surface area contributed by atoms with Crippen LogP contribution in [0, 0.1) is 0 Å². The van der Waals surface area contributed by atoms with Crippen molar-refractivity contribution in [3.8, 4) is 11.5 Å². The molecule has 30 heavy (non-hydrogen) atoms. The topological polar surface area (TPSA) is 123 Å². The fraction of sp³-hybridized carbons (Fsp3) is 0.368. The molecular weight excluding hydrogens is 430 g/mol. The van der Waals surface area contributed by atoms with Gasteiger partial charge in [-0.3, -0.25) is 20.4 Å². The lowest BCUT2D eigenvalue weighted by Crippen LogP contribution is -2.41. The van der Waals surface area contributed by atoms with E-state index in [2.05, 4.69) is 15.6 Å². The van der Waals surface area contributed by atoms with Gasteiger partial charge in [0.15, 0.2) is 11.5 Å². The number of sulfonamides is 1. The Balaban J connectivity index is 1.90. The standard InChI is InChI=1S/C19H25N3O6S2/c1-4-11-28-15-7-5-13(12-16(15)27-2)18(23)21-22-19(24)17-8-6-14(29-17)9-10-20-30(3,25)26/h5-8,12,20H,4,9-11H2,1-3H3,(H,21,23)(H,22,24). The first-order valence-electron chi connectivity index (χ1n) is 9.18. The van der Waals surface area contributed by atoms with Crippen LogP contribution in [0.1, 0.15) is 38.3 Å². The number of amides is 2. The minimum atomic E-state index is -3.25. The Morgan fingerprint density at radius 1 is 1.07 bits per heavy atom. The summed E-state index contributed by atoms with van der Waals surface area (Å²) in [4.78, 5) is 25.8. The number of rotatable bonds is 10. The summed E-state index contributed by atoms with van der Waals surface area (Å²) in [6.45, 7) is 2.77. The van der Waals surface area contributed by atoms with E-state index in [4.69, 9.17) is 9.47 Å². The van der Waals surface area contributed by atoms with Gasteiger partial charge in [-0.15, -0.1) is 11.3 Å². The molecule has 1 aromatic carbocycles. The van der Waals surface area contributed by atoms with Crippen molar-refractivity contribution >= 4 is 33.2 Å². The molecule has 2 aromatic rings. The zero-order valence-corrected chi connectivity index (χ0v) is 18.6. The van der Waals surface area contributed by atoms with Crippen molar-refractivity contribution in [2.24, 2.45) is 0 Å². The Morgan fingerprint density at radius 3 is 2.47 bits per heavy atom. The van der Waals surface area contributed by atoms with Crippen LogP contribution in [0.4, 0.5) is 0 Å². The van der Waals surface area contributed by atoms with Crippen molar-refractivity contribution in [1.29, 1.82) is 0 Å². The van der Waals surface area contributed by atoms with Gasteiger partial charge in [0.2, 0.25) is 10.0 Å². The first kappa shape index (κ1) is 23.6. The molecule has 1 aromatic heterocycles. The van der Waals surface area contributed by atoms with Crippen LogP contribution in [0.5, 0.6) is 11.5 Å². The molecule has 0 spiro atoms. The Hall–Kier alpha value is -2.63. The molecule has 0 aliphatic rings. The molecule has 2 amide bonds. The van der Waals surface area contributed by atoms with E-state index in [-0.39, 0.29) is 6.54 Å². The Kier molecular flexibility index (Phi) is 8.63. The van der Waals surface area contributed by atoms with Gasteiger partial charge >= 0.3 is 0 Å². The maximum absolute atomic E-state index is 12.3. The van der Waals surface area contributed by atoms with Crippen molar-refractivity contribution < 1.29 is 27.5 Å². The summed E-state index contributed by atoms with van der Waals surface area (Å²) in [5.41, 5.74) is 5.03. The molecule has 0 aliphatic heterocycles. The number of hydrogen-bond acceptors (Lipinski definition) is 7. The lowest BCUT2D eigenvalue weighted by Gasteiger charge is -2.12. The molecule has 0 bridgehead atoms. The summed E-state index contributed by atoms with van der Waals surface area (Å²) >= 11 is 1.22. The van der Waals surface area contributed by atoms with Gasteiger partial charge in [-0.2, -0.15) is 0 Å². The van der Waals surface area contributed by atoms with Crippen LogP contribution < -0.4 is 25.0 Å². The highest BCUT2D eigenvalue weighted by Gasteiger charge is 2.14. The number of hydrogen-bond donors (Lipinski definition) is 3. The molecule has 164 valence electrons. The van der Waals surface area contributed by atoms with Crippen molar-refractivity contribution in [2.75, 3.05) is 26.5 Å². The van der Waals surface area contributed by atoms with Crippen LogP contribution in [0.2, 0.25) is 0 Å². The van der Waals surface area contributed by atoms with E-state index >= 15 is 0 Å². The van der Waals surface area contributed by atoms with Crippen LogP contribution in [0.25, 0.3) is 0 Å². The van der Waals surface area contributed by atoms with E-state index < -0.39 is 21.8 Å². The quantitative estimate of drug-likeness (QED) is 0.469. The summed E-state index contributed by atoms with van der Waals surface area (Å²) in [7, 11) is -1.77. The predicted molar refractivity (Wildman–Crippen MR) is 115 cm³/mol. The molecule has 0 atom stereocenters. The van der Waals surface area contributed by atoms with Crippen LogP contribution >= 0.6 is 11.3 Å². The van der Waals surface area contributed by atoms with E-state index in [1.807, 2.05) is 6.92 Å². The van der Waals surface area contributed by atoms with Crippen LogP contribution in [-0.4, -0.2) is 46.7 Å². The number of carbonyl (C=O) groups is 2. The molecule has 9 nitrogen and oxygen atoms in total. The third-order valence-electron chi connectivity index (χ3n) is 3.80. The molecule has 0 saturated carbocycles. The number of hydrazine groups is 1. The summed E-state index contributed by atoms with van der Waals surface area (Å²) < 4.78 is 35.4. The summed E-state index contributed by atoms with van der Waals surface area (Å²) in [6, 6.07) is 8.11.